The number of nitrogens with one attached hydrogen (secondary N) is 1. The van der Waals surface area contributed by atoms with Crippen LogP contribution in [-0.2, 0) is 6.42 Å². The molecule has 1 aliphatic heterocycles. The molecule has 0 amide bonds. The summed E-state index contributed by atoms with van der Waals surface area (Å²) in [6.07, 6.45) is 6.76. The van der Waals surface area contributed by atoms with E-state index in [4.69, 9.17) is 11.6 Å². The molecule has 3 rings (SSSR count). The molecule has 0 radical (unpaired) electrons. The SMILES string of the molecule is Clc1cccc(CCC2NCC3CCCC32)c1. The highest BCUT2D eigenvalue weighted by Gasteiger charge is 2.38. The Morgan fingerprint density at radius 2 is 2.24 bits per heavy atom. The molecule has 2 aliphatic rings. The van der Waals surface area contributed by atoms with Crippen molar-refractivity contribution < 1.29 is 0 Å². The van der Waals surface area contributed by atoms with Crippen molar-refractivity contribution in [2.75, 3.05) is 6.54 Å². The number of benzene rings is 1. The standard InChI is InChI=1S/C15H20ClN/c16-13-5-1-3-11(9-13)7-8-15-14-6-2-4-12(14)10-17-15/h1,3,5,9,12,14-15,17H,2,4,6-8,10H2. The normalized spacial score (nSPS) is 31.7. The van der Waals surface area contributed by atoms with Crippen LogP contribution in [0.15, 0.2) is 24.3 Å². The summed E-state index contributed by atoms with van der Waals surface area (Å²) in [5.41, 5.74) is 1.38. The predicted molar refractivity (Wildman–Crippen MR) is 72.4 cm³/mol. The first kappa shape index (κ1) is 11.6. The van der Waals surface area contributed by atoms with Gasteiger partial charge in [-0.05, 0) is 61.8 Å². The van der Waals surface area contributed by atoms with Crippen molar-refractivity contribution in [2.45, 2.75) is 38.1 Å². The molecule has 2 fully saturated rings. The van der Waals surface area contributed by atoms with E-state index in [0.717, 1.165) is 29.3 Å². The third kappa shape index (κ3) is 2.51. The summed E-state index contributed by atoms with van der Waals surface area (Å²) in [5, 5.41) is 4.57. The average Bonchev–Trinajstić information content (AvgIpc) is 2.89. The Balaban J connectivity index is 1.57. The minimum absolute atomic E-state index is 0.751. The van der Waals surface area contributed by atoms with Crippen LogP contribution in [-0.4, -0.2) is 12.6 Å². The first-order chi connectivity index (χ1) is 8.33. The van der Waals surface area contributed by atoms with E-state index in [1.807, 2.05) is 6.07 Å². The van der Waals surface area contributed by atoms with Crippen LogP contribution in [0.5, 0.6) is 0 Å². The van der Waals surface area contributed by atoms with E-state index in [2.05, 4.69) is 23.5 Å². The van der Waals surface area contributed by atoms with Crippen LogP contribution in [0.25, 0.3) is 0 Å². The molecule has 0 spiro atoms. The maximum atomic E-state index is 6.01. The second-order valence-electron chi connectivity index (χ2n) is 5.54. The Hall–Kier alpha value is -0.530. The molecule has 0 aromatic heterocycles. The van der Waals surface area contributed by atoms with Gasteiger partial charge in [0.05, 0.1) is 0 Å². The van der Waals surface area contributed by atoms with Crippen LogP contribution in [0.1, 0.15) is 31.2 Å². The maximum Gasteiger partial charge on any atom is 0.0408 e. The molecule has 1 nitrogen and oxygen atoms in total. The predicted octanol–water partition coefficient (Wildman–Crippen LogP) is 3.66. The number of rotatable bonds is 3. The van der Waals surface area contributed by atoms with Crippen LogP contribution in [0, 0.1) is 11.8 Å². The van der Waals surface area contributed by atoms with Gasteiger partial charge in [0.25, 0.3) is 0 Å². The molecule has 1 heterocycles. The fraction of sp³-hybridized carbons (Fsp3) is 0.600. The van der Waals surface area contributed by atoms with Crippen LogP contribution in [0.4, 0.5) is 0 Å². The van der Waals surface area contributed by atoms with Gasteiger partial charge < -0.3 is 5.32 Å². The molecule has 1 aromatic rings. The van der Waals surface area contributed by atoms with E-state index >= 15 is 0 Å². The first-order valence-corrected chi connectivity index (χ1v) is 7.18. The summed E-state index contributed by atoms with van der Waals surface area (Å²) in [7, 11) is 0. The second kappa shape index (κ2) is 4.99. The zero-order valence-corrected chi connectivity index (χ0v) is 10.9. The highest BCUT2D eigenvalue weighted by molar-refractivity contribution is 6.30. The van der Waals surface area contributed by atoms with Crippen molar-refractivity contribution in [2.24, 2.45) is 11.8 Å². The molecule has 2 heteroatoms. The average molecular weight is 250 g/mol. The lowest BCUT2D eigenvalue weighted by Crippen LogP contribution is -2.27. The fourth-order valence-corrected chi connectivity index (χ4v) is 3.85. The van der Waals surface area contributed by atoms with Gasteiger partial charge in [-0.15, -0.1) is 0 Å². The molecule has 0 bridgehead atoms. The summed E-state index contributed by atoms with van der Waals surface area (Å²) in [5.74, 6) is 1.92. The van der Waals surface area contributed by atoms with Gasteiger partial charge in [-0.2, -0.15) is 0 Å². The molecule has 1 aliphatic carbocycles. The number of aryl methyl sites for hydroxylation is 1. The third-order valence-corrected chi connectivity index (χ3v) is 4.75. The lowest BCUT2D eigenvalue weighted by Gasteiger charge is -2.18. The summed E-state index contributed by atoms with van der Waals surface area (Å²) in [6.45, 7) is 1.25. The van der Waals surface area contributed by atoms with Gasteiger partial charge in [-0.3, -0.25) is 0 Å². The van der Waals surface area contributed by atoms with Crippen molar-refractivity contribution >= 4 is 11.6 Å². The lowest BCUT2D eigenvalue weighted by molar-refractivity contribution is 0.393. The molecule has 17 heavy (non-hydrogen) atoms. The van der Waals surface area contributed by atoms with Gasteiger partial charge in [0.2, 0.25) is 0 Å². The lowest BCUT2D eigenvalue weighted by atomic mass is 9.90. The van der Waals surface area contributed by atoms with Crippen molar-refractivity contribution in [1.82, 2.24) is 5.32 Å². The Bertz CT molecular complexity index is 390. The largest absolute Gasteiger partial charge is 0.313 e. The Kier molecular flexibility index (Phi) is 3.39. The topological polar surface area (TPSA) is 12.0 Å². The fourth-order valence-electron chi connectivity index (χ4n) is 3.63. The highest BCUT2D eigenvalue weighted by Crippen LogP contribution is 2.38. The van der Waals surface area contributed by atoms with Gasteiger partial charge in [-0.1, -0.05) is 30.2 Å². The molecule has 92 valence electrons. The maximum absolute atomic E-state index is 6.01. The van der Waals surface area contributed by atoms with E-state index in [9.17, 15) is 0 Å². The van der Waals surface area contributed by atoms with Gasteiger partial charge in [0.15, 0.2) is 0 Å². The van der Waals surface area contributed by atoms with Crippen molar-refractivity contribution in [3.63, 3.8) is 0 Å². The molecule has 1 saturated heterocycles. The second-order valence-corrected chi connectivity index (χ2v) is 5.97. The van der Waals surface area contributed by atoms with Crippen LogP contribution in [0.3, 0.4) is 0 Å². The minimum atomic E-state index is 0.751. The number of hydrogen-bond acceptors (Lipinski definition) is 1. The Morgan fingerprint density at radius 1 is 1.29 bits per heavy atom. The van der Waals surface area contributed by atoms with Gasteiger partial charge >= 0.3 is 0 Å². The van der Waals surface area contributed by atoms with Gasteiger partial charge in [-0.25, -0.2) is 0 Å². The van der Waals surface area contributed by atoms with Gasteiger partial charge in [0.1, 0.15) is 0 Å². The van der Waals surface area contributed by atoms with Crippen molar-refractivity contribution in [1.29, 1.82) is 0 Å². The zero-order chi connectivity index (χ0) is 11.7. The number of fused-ring (bicyclic) bond motifs is 1. The van der Waals surface area contributed by atoms with Crippen LogP contribution < -0.4 is 5.32 Å². The summed E-state index contributed by atoms with van der Waals surface area (Å²) >= 11 is 6.01. The monoisotopic (exact) mass is 249 g/mol. The van der Waals surface area contributed by atoms with Crippen LogP contribution >= 0.6 is 11.6 Å². The van der Waals surface area contributed by atoms with E-state index in [1.54, 1.807) is 0 Å². The van der Waals surface area contributed by atoms with E-state index < -0.39 is 0 Å². The number of halogens is 1. The quantitative estimate of drug-likeness (QED) is 0.862. The van der Waals surface area contributed by atoms with E-state index in [0.29, 0.717) is 0 Å². The molecular formula is C15H20ClN. The Labute approximate surface area is 109 Å². The van der Waals surface area contributed by atoms with E-state index in [-0.39, 0.29) is 0 Å². The number of hydrogen-bond donors (Lipinski definition) is 1. The first-order valence-electron chi connectivity index (χ1n) is 6.81. The summed E-state index contributed by atoms with van der Waals surface area (Å²) in [6, 6.07) is 9.04. The third-order valence-electron chi connectivity index (χ3n) is 4.51. The molecule has 1 saturated carbocycles. The van der Waals surface area contributed by atoms with Crippen molar-refractivity contribution in [3.8, 4) is 0 Å². The Morgan fingerprint density at radius 3 is 3.12 bits per heavy atom. The summed E-state index contributed by atoms with van der Waals surface area (Å²) < 4.78 is 0. The van der Waals surface area contributed by atoms with E-state index in [1.165, 1.54) is 37.8 Å². The molecule has 3 unspecified atom stereocenters. The van der Waals surface area contributed by atoms with Crippen molar-refractivity contribution in [3.05, 3.63) is 34.9 Å². The molecule has 1 aromatic carbocycles. The molecule has 1 N–H and O–H groups in total. The van der Waals surface area contributed by atoms with Gasteiger partial charge in [0, 0.05) is 11.1 Å². The molecular weight excluding hydrogens is 230 g/mol. The summed E-state index contributed by atoms with van der Waals surface area (Å²) in [4.78, 5) is 0. The highest BCUT2D eigenvalue weighted by atomic mass is 35.5. The minimum Gasteiger partial charge on any atom is -0.313 e. The zero-order valence-electron chi connectivity index (χ0n) is 10.2. The molecule has 3 atom stereocenters. The van der Waals surface area contributed by atoms with Crippen LogP contribution in [0.2, 0.25) is 5.02 Å². The smallest absolute Gasteiger partial charge is 0.0408 e.